The van der Waals surface area contributed by atoms with Gasteiger partial charge in [0.15, 0.2) is 0 Å². The van der Waals surface area contributed by atoms with Gasteiger partial charge in [-0.15, -0.1) is 0 Å². The zero-order chi connectivity index (χ0) is 12.4. The molecule has 0 aliphatic heterocycles. The molecule has 0 aliphatic carbocycles. The highest BCUT2D eigenvalue weighted by Crippen LogP contribution is 2.20. The molecule has 0 atom stereocenters. The second-order valence-electron chi connectivity index (χ2n) is 4.31. The van der Waals surface area contributed by atoms with Gasteiger partial charge in [-0.25, -0.2) is 9.07 Å². The summed E-state index contributed by atoms with van der Waals surface area (Å²) in [7, 11) is 0. The van der Waals surface area contributed by atoms with Crippen molar-refractivity contribution >= 4 is 0 Å². The predicted molar refractivity (Wildman–Crippen MR) is 65.5 cm³/mol. The molecule has 0 saturated heterocycles. The molecular weight excluding hydrogens is 217 g/mol. The second kappa shape index (κ2) is 4.67. The smallest absolute Gasteiger partial charge is 0.123 e. The molecule has 2 N–H and O–H groups in total. The van der Waals surface area contributed by atoms with Crippen molar-refractivity contribution in [1.29, 1.82) is 0 Å². The molecule has 0 unspecified atom stereocenters. The highest BCUT2D eigenvalue weighted by atomic mass is 19.1. The number of nitrogens with two attached hydrogens (primary N) is 1. The highest BCUT2D eigenvalue weighted by Gasteiger charge is 2.11. The van der Waals surface area contributed by atoms with Crippen LogP contribution in [0.4, 0.5) is 4.39 Å². The van der Waals surface area contributed by atoms with E-state index in [0.29, 0.717) is 12.5 Å². The molecule has 1 heterocycles. The fraction of sp³-hybridized carbons (Fsp3) is 0.308. The Kier molecular flexibility index (Phi) is 3.24. The lowest BCUT2D eigenvalue weighted by molar-refractivity contribution is 0.626. The summed E-state index contributed by atoms with van der Waals surface area (Å²) in [6.07, 6.45) is 0. The van der Waals surface area contributed by atoms with Crippen molar-refractivity contribution in [1.82, 2.24) is 9.78 Å². The van der Waals surface area contributed by atoms with Crippen molar-refractivity contribution in [2.75, 3.05) is 0 Å². The van der Waals surface area contributed by atoms with Gasteiger partial charge in [-0.1, -0.05) is 13.8 Å². The summed E-state index contributed by atoms with van der Waals surface area (Å²) in [5.41, 5.74) is 8.38. The van der Waals surface area contributed by atoms with E-state index in [-0.39, 0.29) is 5.82 Å². The zero-order valence-electron chi connectivity index (χ0n) is 10.0. The SMILES string of the molecule is CC(C)c1cc(CN)nn1-c1ccc(F)cc1. The van der Waals surface area contributed by atoms with Gasteiger partial charge in [0.1, 0.15) is 5.82 Å². The maximum atomic E-state index is 12.9. The van der Waals surface area contributed by atoms with Crippen LogP contribution in [0.1, 0.15) is 31.2 Å². The van der Waals surface area contributed by atoms with Crippen molar-refractivity contribution in [2.24, 2.45) is 5.73 Å². The Morgan fingerprint density at radius 1 is 1.29 bits per heavy atom. The minimum atomic E-state index is -0.244. The molecule has 2 rings (SSSR count). The first-order valence-electron chi connectivity index (χ1n) is 5.66. The van der Waals surface area contributed by atoms with E-state index in [1.807, 2.05) is 10.7 Å². The fourth-order valence-electron chi connectivity index (χ4n) is 1.75. The summed E-state index contributed by atoms with van der Waals surface area (Å²) in [6, 6.07) is 8.30. The maximum Gasteiger partial charge on any atom is 0.123 e. The molecule has 0 fully saturated rings. The van der Waals surface area contributed by atoms with Crippen LogP contribution in [0.15, 0.2) is 30.3 Å². The Balaban J connectivity index is 2.49. The van der Waals surface area contributed by atoms with E-state index in [1.54, 1.807) is 12.1 Å². The van der Waals surface area contributed by atoms with Crippen LogP contribution < -0.4 is 5.73 Å². The summed E-state index contributed by atoms with van der Waals surface area (Å²) < 4.78 is 14.7. The molecule has 90 valence electrons. The predicted octanol–water partition coefficient (Wildman–Crippen LogP) is 2.59. The molecule has 0 radical (unpaired) electrons. The Bertz CT molecular complexity index is 500. The Morgan fingerprint density at radius 3 is 2.47 bits per heavy atom. The molecular formula is C13H16FN3. The first-order valence-corrected chi connectivity index (χ1v) is 5.66. The Labute approximate surface area is 100 Å². The van der Waals surface area contributed by atoms with Gasteiger partial charge >= 0.3 is 0 Å². The first kappa shape index (κ1) is 11.8. The van der Waals surface area contributed by atoms with Crippen LogP contribution in [0.5, 0.6) is 0 Å². The van der Waals surface area contributed by atoms with Crippen LogP contribution in [0.2, 0.25) is 0 Å². The molecule has 17 heavy (non-hydrogen) atoms. The average Bonchev–Trinajstić information content (AvgIpc) is 2.74. The fourth-order valence-corrected chi connectivity index (χ4v) is 1.75. The summed E-state index contributed by atoms with van der Waals surface area (Å²) in [6.45, 7) is 4.60. The maximum absolute atomic E-state index is 12.9. The van der Waals surface area contributed by atoms with Crippen LogP contribution in [0.3, 0.4) is 0 Å². The van der Waals surface area contributed by atoms with Crippen LogP contribution in [0.25, 0.3) is 5.69 Å². The van der Waals surface area contributed by atoms with Crippen molar-refractivity contribution in [3.05, 3.63) is 47.5 Å². The number of benzene rings is 1. The van der Waals surface area contributed by atoms with Gasteiger partial charge in [0.2, 0.25) is 0 Å². The lowest BCUT2D eigenvalue weighted by Gasteiger charge is -2.09. The van der Waals surface area contributed by atoms with Gasteiger partial charge in [-0.2, -0.15) is 5.10 Å². The topological polar surface area (TPSA) is 43.8 Å². The van der Waals surface area contributed by atoms with E-state index in [9.17, 15) is 4.39 Å². The van der Waals surface area contributed by atoms with Gasteiger partial charge in [0, 0.05) is 12.2 Å². The highest BCUT2D eigenvalue weighted by molar-refractivity contribution is 5.34. The molecule has 3 nitrogen and oxygen atoms in total. The third kappa shape index (κ3) is 2.36. The summed E-state index contributed by atoms with van der Waals surface area (Å²) in [5, 5.41) is 4.42. The minimum absolute atomic E-state index is 0.244. The van der Waals surface area contributed by atoms with E-state index in [2.05, 4.69) is 18.9 Å². The lowest BCUT2D eigenvalue weighted by Crippen LogP contribution is -2.04. The van der Waals surface area contributed by atoms with E-state index in [0.717, 1.165) is 17.1 Å². The van der Waals surface area contributed by atoms with Crippen LogP contribution >= 0.6 is 0 Å². The van der Waals surface area contributed by atoms with Crippen molar-refractivity contribution in [3.63, 3.8) is 0 Å². The van der Waals surface area contributed by atoms with Gasteiger partial charge in [0.05, 0.1) is 11.4 Å². The van der Waals surface area contributed by atoms with E-state index < -0.39 is 0 Å². The lowest BCUT2D eigenvalue weighted by atomic mass is 10.1. The second-order valence-corrected chi connectivity index (χ2v) is 4.31. The van der Waals surface area contributed by atoms with Crippen molar-refractivity contribution < 1.29 is 4.39 Å². The largest absolute Gasteiger partial charge is 0.325 e. The van der Waals surface area contributed by atoms with E-state index in [1.165, 1.54) is 12.1 Å². The molecule has 0 amide bonds. The van der Waals surface area contributed by atoms with Gasteiger partial charge in [-0.3, -0.25) is 0 Å². The molecule has 1 aromatic heterocycles. The average molecular weight is 233 g/mol. The molecule has 0 aliphatic rings. The first-order chi connectivity index (χ1) is 8.11. The number of hydrogen-bond acceptors (Lipinski definition) is 2. The van der Waals surface area contributed by atoms with Gasteiger partial charge in [-0.05, 0) is 36.2 Å². The van der Waals surface area contributed by atoms with E-state index in [4.69, 9.17) is 5.73 Å². The van der Waals surface area contributed by atoms with Crippen molar-refractivity contribution in [3.8, 4) is 5.69 Å². The number of halogens is 1. The van der Waals surface area contributed by atoms with Gasteiger partial charge < -0.3 is 5.73 Å². The minimum Gasteiger partial charge on any atom is -0.325 e. The number of rotatable bonds is 3. The van der Waals surface area contributed by atoms with Gasteiger partial charge in [0.25, 0.3) is 0 Å². The molecule has 2 aromatic rings. The summed E-state index contributed by atoms with van der Waals surface area (Å²) >= 11 is 0. The Morgan fingerprint density at radius 2 is 1.94 bits per heavy atom. The summed E-state index contributed by atoms with van der Waals surface area (Å²) in [4.78, 5) is 0. The quantitative estimate of drug-likeness (QED) is 0.885. The van der Waals surface area contributed by atoms with E-state index >= 15 is 0 Å². The number of aromatic nitrogens is 2. The van der Waals surface area contributed by atoms with Crippen LogP contribution in [0, 0.1) is 5.82 Å². The zero-order valence-corrected chi connectivity index (χ0v) is 10.0. The molecule has 1 aromatic carbocycles. The normalized spacial score (nSPS) is 11.1. The standard InChI is InChI=1S/C13H16FN3/c1-9(2)13-7-11(8-15)16-17(13)12-5-3-10(14)4-6-12/h3-7,9H,8,15H2,1-2H3. The third-order valence-corrected chi connectivity index (χ3v) is 2.66. The van der Waals surface area contributed by atoms with Crippen LogP contribution in [-0.4, -0.2) is 9.78 Å². The monoisotopic (exact) mass is 233 g/mol. The number of nitrogens with zero attached hydrogens (tertiary/aromatic N) is 2. The van der Waals surface area contributed by atoms with Crippen LogP contribution in [-0.2, 0) is 6.54 Å². The Hall–Kier alpha value is -1.68. The molecule has 4 heteroatoms. The molecule has 0 spiro atoms. The molecule has 0 bridgehead atoms. The van der Waals surface area contributed by atoms with Crippen molar-refractivity contribution in [2.45, 2.75) is 26.3 Å². The third-order valence-electron chi connectivity index (χ3n) is 2.66. The molecule has 0 saturated carbocycles. The number of hydrogen-bond donors (Lipinski definition) is 1. The summed E-state index contributed by atoms with van der Waals surface area (Å²) in [5.74, 6) is 0.0962.